The molecule has 0 atom stereocenters. The SMILES string of the molecule is CCn1nc(C)c(Cl)c1C(=O)Nc1ccccn1. The van der Waals surface area contributed by atoms with E-state index in [4.69, 9.17) is 11.6 Å². The van der Waals surface area contributed by atoms with Crippen molar-refractivity contribution in [2.75, 3.05) is 5.32 Å². The second kappa shape index (κ2) is 5.18. The lowest BCUT2D eigenvalue weighted by molar-refractivity contribution is 0.101. The van der Waals surface area contributed by atoms with E-state index in [1.165, 1.54) is 0 Å². The molecule has 5 nitrogen and oxygen atoms in total. The van der Waals surface area contributed by atoms with Crippen molar-refractivity contribution < 1.29 is 4.79 Å². The van der Waals surface area contributed by atoms with E-state index >= 15 is 0 Å². The second-order valence-corrected chi connectivity index (χ2v) is 4.11. The number of amides is 1. The van der Waals surface area contributed by atoms with Crippen LogP contribution in [0.4, 0.5) is 5.82 Å². The Balaban J connectivity index is 2.29. The number of anilines is 1. The molecule has 0 unspecified atom stereocenters. The van der Waals surface area contributed by atoms with E-state index in [0.717, 1.165) is 0 Å². The van der Waals surface area contributed by atoms with Crippen LogP contribution in [0.1, 0.15) is 23.1 Å². The molecule has 0 spiro atoms. The van der Waals surface area contributed by atoms with Gasteiger partial charge < -0.3 is 5.32 Å². The number of aromatic nitrogens is 3. The number of rotatable bonds is 3. The predicted molar refractivity (Wildman–Crippen MR) is 69.8 cm³/mol. The minimum Gasteiger partial charge on any atom is -0.305 e. The summed E-state index contributed by atoms with van der Waals surface area (Å²) in [6.45, 7) is 4.25. The van der Waals surface area contributed by atoms with Gasteiger partial charge in [-0.3, -0.25) is 9.48 Å². The van der Waals surface area contributed by atoms with Crippen molar-refractivity contribution >= 4 is 23.3 Å². The molecule has 2 heterocycles. The summed E-state index contributed by atoms with van der Waals surface area (Å²) in [6, 6.07) is 5.29. The van der Waals surface area contributed by atoms with Crippen LogP contribution >= 0.6 is 11.6 Å². The highest BCUT2D eigenvalue weighted by atomic mass is 35.5. The molecule has 1 N–H and O–H groups in total. The Morgan fingerprint density at radius 1 is 1.50 bits per heavy atom. The number of hydrogen-bond acceptors (Lipinski definition) is 3. The number of halogens is 1. The van der Waals surface area contributed by atoms with Crippen LogP contribution in [0.3, 0.4) is 0 Å². The Kier molecular flexibility index (Phi) is 3.62. The van der Waals surface area contributed by atoms with Gasteiger partial charge in [-0.25, -0.2) is 4.98 Å². The number of carbonyl (C=O) groups excluding carboxylic acids is 1. The largest absolute Gasteiger partial charge is 0.305 e. The summed E-state index contributed by atoms with van der Waals surface area (Å²) in [5, 5.41) is 7.27. The molecule has 0 radical (unpaired) electrons. The minimum atomic E-state index is -0.304. The van der Waals surface area contributed by atoms with E-state index < -0.39 is 0 Å². The maximum atomic E-state index is 12.1. The van der Waals surface area contributed by atoms with E-state index in [2.05, 4.69) is 15.4 Å². The summed E-state index contributed by atoms with van der Waals surface area (Å²) in [6.07, 6.45) is 1.61. The van der Waals surface area contributed by atoms with Gasteiger partial charge in [-0.2, -0.15) is 5.10 Å². The number of nitrogens with one attached hydrogen (secondary N) is 1. The first-order chi connectivity index (χ1) is 8.63. The van der Waals surface area contributed by atoms with Crippen LogP contribution in [0.2, 0.25) is 5.02 Å². The fraction of sp³-hybridized carbons (Fsp3) is 0.250. The molecule has 0 aromatic carbocycles. The lowest BCUT2D eigenvalue weighted by Crippen LogP contribution is -2.18. The molecule has 0 fully saturated rings. The van der Waals surface area contributed by atoms with Gasteiger partial charge in [-0.15, -0.1) is 0 Å². The summed E-state index contributed by atoms with van der Waals surface area (Å²) in [4.78, 5) is 16.2. The highest BCUT2D eigenvalue weighted by Crippen LogP contribution is 2.21. The van der Waals surface area contributed by atoms with E-state index in [9.17, 15) is 4.79 Å². The molecule has 0 aliphatic rings. The van der Waals surface area contributed by atoms with Gasteiger partial charge in [0.2, 0.25) is 0 Å². The Bertz CT molecular complexity index is 565. The third-order valence-corrected chi connectivity index (χ3v) is 2.93. The Morgan fingerprint density at radius 3 is 2.89 bits per heavy atom. The molecule has 1 amide bonds. The monoisotopic (exact) mass is 264 g/mol. The van der Waals surface area contributed by atoms with Gasteiger partial charge >= 0.3 is 0 Å². The number of hydrogen-bond donors (Lipinski definition) is 1. The molecule has 18 heavy (non-hydrogen) atoms. The fourth-order valence-corrected chi connectivity index (χ4v) is 1.84. The summed E-state index contributed by atoms with van der Waals surface area (Å²) >= 11 is 6.09. The Labute approximate surface area is 110 Å². The molecule has 2 rings (SSSR count). The molecule has 2 aromatic rings. The molecule has 0 aliphatic heterocycles. The molecule has 0 saturated heterocycles. The molecule has 0 bridgehead atoms. The van der Waals surface area contributed by atoms with Gasteiger partial charge in [-0.05, 0) is 26.0 Å². The maximum absolute atomic E-state index is 12.1. The lowest BCUT2D eigenvalue weighted by Gasteiger charge is -2.06. The third-order valence-electron chi connectivity index (χ3n) is 2.48. The van der Waals surface area contributed by atoms with Crippen LogP contribution in [0, 0.1) is 6.92 Å². The molecular weight excluding hydrogens is 252 g/mol. The van der Waals surface area contributed by atoms with Gasteiger partial charge in [0.1, 0.15) is 11.5 Å². The average Bonchev–Trinajstić information content (AvgIpc) is 2.66. The first-order valence-corrected chi connectivity index (χ1v) is 5.96. The van der Waals surface area contributed by atoms with E-state index in [-0.39, 0.29) is 5.91 Å². The smallest absolute Gasteiger partial charge is 0.276 e. The molecule has 0 aliphatic carbocycles. The van der Waals surface area contributed by atoms with Crippen molar-refractivity contribution in [2.45, 2.75) is 20.4 Å². The zero-order chi connectivity index (χ0) is 13.1. The normalized spacial score (nSPS) is 10.4. The standard InChI is InChI=1S/C12H13ClN4O/c1-3-17-11(10(13)8(2)16-17)12(18)15-9-6-4-5-7-14-9/h4-7H,3H2,1-2H3,(H,14,15,18). The topological polar surface area (TPSA) is 59.8 Å². The molecule has 6 heteroatoms. The van der Waals surface area contributed by atoms with Crippen molar-refractivity contribution in [3.8, 4) is 0 Å². The maximum Gasteiger partial charge on any atom is 0.276 e. The number of aryl methyl sites for hydroxylation is 2. The third kappa shape index (κ3) is 2.36. The quantitative estimate of drug-likeness (QED) is 0.927. The molecular formula is C12H13ClN4O. The second-order valence-electron chi connectivity index (χ2n) is 3.73. The summed E-state index contributed by atoms with van der Waals surface area (Å²) in [5.74, 6) is 0.182. The van der Waals surface area contributed by atoms with Gasteiger partial charge in [-0.1, -0.05) is 17.7 Å². The summed E-state index contributed by atoms with van der Waals surface area (Å²) < 4.78 is 1.58. The van der Waals surface area contributed by atoms with Crippen molar-refractivity contribution in [3.63, 3.8) is 0 Å². The highest BCUT2D eigenvalue weighted by molar-refractivity contribution is 6.34. The first kappa shape index (κ1) is 12.6. The van der Waals surface area contributed by atoms with E-state index in [0.29, 0.717) is 28.8 Å². The zero-order valence-electron chi connectivity index (χ0n) is 10.1. The predicted octanol–water partition coefficient (Wildman–Crippen LogP) is 2.51. The number of carbonyl (C=O) groups is 1. The van der Waals surface area contributed by atoms with Gasteiger partial charge in [0.05, 0.1) is 10.7 Å². The minimum absolute atomic E-state index is 0.304. The Hall–Kier alpha value is -1.88. The summed E-state index contributed by atoms with van der Waals surface area (Å²) in [7, 11) is 0. The fourth-order valence-electron chi connectivity index (χ4n) is 1.62. The van der Waals surface area contributed by atoms with Crippen LogP contribution in [-0.2, 0) is 6.54 Å². The Morgan fingerprint density at radius 2 is 2.28 bits per heavy atom. The molecule has 2 aromatic heterocycles. The van der Waals surface area contributed by atoms with Crippen LogP contribution in [0.25, 0.3) is 0 Å². The highest BCUT2D eigenvalue weighted by Gasteiger charge is 2.19. The number of nitrogens with zero attached hydrogens (tertiary/aromatic N) is 3. The van der Waals surface area contributed by atoms with E-state index in [1.54, 1.807) is 36.0 Å². The molecule has 0 saturated carbocycles. The lowest BCUT2D eigenvalue weighted by atomic mass is 10.3. The van der Waals surface area contributed by atoms with Crippen LogP contribution in [0.5, 0.6) is 0 Å². The first-order valence-electron chi connectivity index (χ1n) is 5.58. The average molecular weight is 265 g/mol. The van der Waals surface area contributed by atoms with Crippen molar-refractivity contribution in [3.05, 3.63) is 40.8 Å². The van der Waals surface area contributed by atoms with Gasteiger partial charge in [0.15, 0.2) is 0 Å². The van der Waals surface area contributed by atoms with E-state index in [1.807, 2.05) is 6.92 Å². The van der Waals surface area contributed by atoms with Crippen LogP contribution in [0.15, 0.2) is 24.4 Å². The van der Waals surface area contributed by atoms with Crippen molar-refractivity contribution in [1.82, 2.24) is 14.8 Å². The summed E-state index contributed by atoms with van der Waals surface area (Å²) in [5.41, 5.74) is 1.01. The van der Waals surface area contributed by atoms with Crippen molar-refractivity contribution in [1.29, 1.82) is 0 Å². The van der Waals surface area contributed by atoms with Crippen molar-refractivity contribution in [2.24, 2.45) is 0 Å². The zero-order valence-corrected chi connectivity index (χ0v) is 10.9. The number of pyridine rings is 1. The van der Waals surface area contributed by atoms with Gasteiger partial charge in [0, 0.05) is 12.7 Å². The van der Waals surface area contributed by atoms with Crippen LogP contribution in [-0.4, -0.2) is 20.7 Å². The van der Waals surface area contributed by atoms with Gasteiger partial charge in [0.25, 0.3) is 5.91 Å². The molecule has 94 valence electrons. The van der Waals surface area contributed by atoms with Crippen LogP contribution < -0.4 is 5.32 Å².